The molecule has 1 aromatic carbocycles. The molecule has 3 fully saturated rings. The minimum atomic E-state index is -4.61. The normalized spacial score (nSPS) is 29.4. The summed E-state index contributed by atoms with van der Waals surface area (Å²) in [6, 6.07) is 9.18. The molecule has 4 aliphatic rings. The highest BCUT2D eigenvalue weighted by Gasteiger charge is 2.56. The van der Waals surface area contributed by atoms with Crippen molar-refractivity contribution >= 4 is 11.8 Å². The van der Waals surface area contributed by atoms with Crippen LogP contribution in [0.4, 0.5) is 13.2 Å². The van der Waals surface area contributed by atoms with Crippen LogP contribution < -0.4 is 15.4 Å². The second kappa shape index (κ2) is 17.3. The lowest BCUT2D eigenvalue weighted by atomic mass is 9.52. The molecule has 3 aliphatic carbocycles. The van der Waals surface area contributed by atoms with Crippen LogP contribution >= 0.6 is 0 Å². The molecule has 2 saturated carbocycles. The third-order valence-corrected chi connectivity index (χ3v) is 11.9. The van der Waals surface area contributed by atoms with Crippen LogP contribution in [-0.2, 0) is 36.4 Å². The van der Waals surface area contributed by atoms with Crippen LogP contribution in [0.5, 0.6) is 11.6 Å². The molecule has 292 valence electrons. The van der Waals surface area contributed by atoms with E-state index in [1.807, 2.05) is 6.07 Å². The first-order valence-electron chi connectivity index (χ1n) is 19.0. The van der Waals surface area contributed by atoms with Crippen molar-refractivity contribution in [3.05, 3.63) is 53.2 Å². The fourth-order valence-electron chi connectivity index (χ4n) is 9.32. The van der Waals surface area contributed by atoms with Crippen LogP contribution in [0.1, 0.15) is 81.0 Å². The Labute approximate surface area is 308 Å². The van der Waals surface area contributed by atoms with Gasteiger partial charge in [-0.25, -0.2) is 4.98 Å². The fraction of sp³-hybridized carbons (Fsp3) is 0.667. The molecule has 53 heavy (non-hydrogen) atoms. The van der Waals surface area contributed by atoms with E-state index < -0.39 is 30.0 Å². The largest absolute Gasteiger partial charge is 0.508 e. The van der Waals surface area contributed by atoms with E-state index in [2.05, 4.69) is 28.6 Å². The minimum Gasteiger partial charge on any atom is -0.508 e. The lowest BCUT2D eigenvalue weighted by molar-refractivity contribution is -0.146. The van der Waals surface area contributed by atoms with Crippen molar-refractivity contribution in [1.29, 1.82) is 0 Å². The Morgan fingerprint density at radius 3 is 2.70 bits per heavy atom. The van der Waals surface area contributed by atoms with Crippen LogP contribution in [0.3, 0.4) is 0 Å². The Kier molecular flexibility index (Phi) is 12.8. The number of rotatable bonds is 15. The summed E-state index contributed by atoms with van der Waals surface area (Å²) < 4.78 is 61.3. The second-order valence-electron chi connectivity index (χ2n) is 15.2. The molecule has 6 rings (SSSR count). The molecule has 2 aromatic rings. The number of benzene rings is 1. The number of amides is 2. The molecule has 11 nitrogen and oxygen atoms in total. The second-order valence-corrected chi connectivity index (χ2v) is 15.2. The zero-order valence-corrected chi connectivity index (χ0v) is 30.2. The van der Waals surface area contributed by atoms with Crippen molar-refractivity contribution in [2.45, 2.75) is 95.1 Å². The fourth-order valence-corrected chi connectivity index (χ4v) is 9.32. The average molecular weight is 748 g/mol. The van der Waals surface area contributed by atoms with Gasteiger partial charge in [0, 0.05) is 25.8 Å². The molecule has 2 amide bonds. The molecule has 14 heteroatoms. The summed E-state index contributed by atoms with van der Waals surface area (Å²) in [5.41, 5.74) is 1.47. The van der Waals surface area contributed by atoms with Crippen LogP contribution in [0.2, 0.25) is 0 Å². The van der Waals surface area contributed by atoms with Crippen LogP contribution in [0.15, 0.2) is 36.4 Å². The van der Waals surface area contributed by atoms with Gasteiger partial charge in [0.05, 0.1) is 25.9 Å². The Balaban J connectivity index is 0.851. The number of aliphatic hydroxyl groups excluding tert-OH is 1. The molecule has 1 saturated heterocycles. The van der Waals surface area contributed by atoms with Gasteiger partial charge >= 0.3 is 6.18 Å². The maximum Gasteiger partial charge on any atom is 0.433 e. The van der Waals surface area contributed by atoms with Gasteiger partial charge in [-0.1, -0.05) is 19.1 Å². The number of hydrogen-bond donors (Lipinski definition) is 4. The molecule has 1 aliphatic heterocycles. The standard InChI is InChI=1S/C39H52F3N3O8/c1-38-14-13-28-27-10-9-26(46)22-25(27)21-24(35(28)29(38)11-12-32(38)47)5-3-15-43-33(48)23-51-20-19-50-18-16-44-37(49)36-30(6-4-17-52-36)53-34-8-2-7-31(45-34)39(40,41)42/h2,7-10,22,24,28-30,32,35-36,46-47H,3-6,11-21,23H2,1H3,(H,43,48)(H,44,49). The van der Waals surface area contributed by atoms with E-state index in [4.69, 9.17) is 18.9 Å². The zero-order chi connectivity index (χ0) is 37.6. The highest BCUT2D eigenvalue weighted by molar-refractivity contribution is 5.81. The first-order chi connectivity index (χ1) is 25.4. The molecule has 2 heterocycles. The highest BCUT2D eigenvalue weighted by Crippen LogP contribution is 2.62. The van der Waals surface area contributed by atoms with Gasteiger partial charge in [-0.05, 0) is 116 Å². The van der Waals surface area contributed by atoms with Crippen LogP contribution in [0, 0.1) is 23.2 Å². The van der Waals surface area contributed by atoms with E-state index >= 15 is 0 Å². The maximum atomic E-state index is 13.0. The number of fused-ring (bicyclic) bond motifs is 5. The zero-order valence-electron chi connectivity index (χ0n) is 30.2. The molecule has 8 unspecified atom stereocenters. The summed E-state index contributed by atoms with van der Waals surface area (Å²) in [7, 11) is 0. The molecule has 8 atom stereocenters. The van der Waals surface area contributed by atoms with Gasteiger partial charge in [-0.3, -0.25) is 9.59 Å². The number of carbonyl (C=O) groups excluding carboxylic acids is 2. The number of aromatic nitrogens is 1. The predicted molar refractivity (Wildman–Crippen MR) is 187 cm³/mol. The molecule has 0 radical (unpaired) electrons. The van der Waals surface area contributed by atoms with Crippen molar-refractivity contribution in [1.82, 2.24) is 15.6 Å². The number of nitrogens with zero attached hydrogens (tertiary/aromatic N) is 1. The molecule has 1 aromatic heterocycles. The smallest absolute Gasteiger partial charge is 0.433 e. The maximum absolute atomic E-state index is 13.0. The van der Waals surface area contributed by atoms with Gasteiger partial charge in [0.1, 0.15) is 24.2 Å². The first-order valence-corrected chi connectivity index (χ1v) is 19.0. The quantitative estimate of drug-likeness (QED) is 0.187. The Hall–Kier alpha value is -3.46. The third-order valence-electron chi connectivity index (χ3n) is 11.9. The third kappa shape index (κ3) is 9.44. The van der Waals surface area contributed by atoms with Crippen molar-refractivity contribution < 1.29 is 51.9 Å². The van der Waals surface area contributed by atoms with Crippen molar-refractivity contribution in [2.24, 2.45) is 23.2 Å². The molecule has 0 bridgehead atoms. The van der Waals surface area contributed by atoms with Crippen LogP contribution in [-0.4, -0.2) is 91.4 Å². The number of phenols is 1. The van der Waals surface area contributed by atoms with Crippen molar-refractivity contribution in [3.8, 4) is 11.6 Å². The van der Waals surface area contributed by atoms with Gasteiger partial charge in [-0.2, -0.15) is 13.2 Å². The average Bonchev–Trinajstić information content (AvgIpc) is 3.44. The number of phenolic OH excluding ortho intramolecular Hbond substituents is 1. The number of aliphatic hydroxyl groups is 1. The van der Waals surface area contributed by atoms with Gasteiger partial charge in [-0.15, -0.1) is 0 Å². The number of alkyl halides is 3. The van der Waals surface area contributed by atoms with Gasteiger partial charge < -0.3 is 39.8 Å². The number of aromatic hydroxyl groups is 1. The van der Waals surface area contributed by atoms with Crippen molar-refractivity contribution in [3.63, 3.8) is 0 Å². The van der Waals surface area contributed by atoms with Crippen LogP contribution in [0.25, 0.3) is 0 Å². The summed E-state index contributed by atoms with van der Waals surface area (Å²) in [6.45, 7) is 3.79. The van der Waals surface area contributed by atoms with Gasteiger partial charge in [0.2, 0.25) is 11.8 Å². The number of pyridine rings is 1. The molecular formula is C39H52F3N3O8. The summed E-state index contributed by atoms with van der Waals surface area (Å²) in [4.78, 5) is 28.7. The summed E-state index contributed by atoms with van der Waals surface area (Å²) >= 11 is 0. The SMILES string of the molecule is CC12CCC3c4ccc(O)cc4CC(CCCNC(=O)COCCOCCNC(=O)C4OCCCC4Oc4cccc(C(F)(F)F)n4)C3C1CCC2O. The van der Waals surface area contributed by atoms with Gasteiger partial charge in [0.25, 0.3) is 5.91 Å². The van der Waals surface area contributed by atoms with E-state index in [9.17, 15) is 33.0 Å². The lowest BCUT2D eigenvalue weighted by Gasteiger charge is -2.53. The summed E-state index contributed by atoms with van der Waals surface area (Å²) in [5, 5.41) is 26.8. The number of nitrogens with one attached hydrogen (secondary N) is 2. The number of halogens is 3. The lowest BCUT2D eigenvalue weighted by Crippen LogP contribution is -2.49. The minimum absolute atomic E-state index is 0.0425. The highest BCUT2D eigenvalue weighted by atomic mass is 19.4. The Morgan fingerprint density at radius 2 is 1.87 bits per heavy atom. The van der Waals surface area contributed by atoms with E-state index in [0.717, 1.165) is 51.0 Å². The Bertz CT molecular complexity index is 1560. The van der Waals surface area contributed by atoms with E-state index in [0.29, 0.717) is 55.4 Å². The van der Waals surface area contributed by atoms with Gasteiger partial charge in [0.15, 0.2) is 6.10 Å². The first kappa shape index (κ1) is 39.2. The number of hydrogen-bond acceptors (Lipinski definition) is 9. The summed E-state index contributed by atoms with van der Waals surface area (Å²) in [5.74, 6) is 1.22. The monoisotopic (exact) mass is 747 g/mol. The Morgan fingerprint density at radius 1 is 1.04 bits per heavy atom. The van der Waals surface area contributed by atoms with E-state index in [1.165, 1.54) is 23.3 Å². The summed E-state index contributed by atoms with van der Waals surface area (Å²) in [6.07, 6.45) is 1.02. The molecule has 4 N–H and O–H groups in total. The number of ether oxygens (including phenoxy) is 4. The van der Waals surface area contributed by atoms with Crippen molar-refractivity contribution in [2.75, 3.05) is 46.1 Å². The molecule has 0 spiro atoms. The topological polar surface area (TPSA) is 148 Å². The predicted octanol–water partition coefficient (Wildman–Crippen LogP) is 4.92. The molecular weight excluding hydrogens is 695 g/mol. The number of carbonyl (C=O) groups is 2. The van der Waals surface area contributed by atoms with E-state index in [1.54, 1.807) is 6.07 Å². The van der Waals surface area contributed by atoms with E-state index in [-0.39, 0.29) is 56.3 Å².